The highest BCUT2D eigenvalue weighted by Crippen LogP contribution is 2.35. The molecule has 0 spiro atoms. The molecular formula is C27H38F2N4O4. The summed E-state index contributed by atoms with van der Waals surface area (Å²) in [6, 6.07) is 5.37. The van der Waals surface area contributed by atoms with E-state index in [4.69, 9.17) is 4.74 Å². The normalized spacial score (nSPS) is 25.2. The van der Waals surface area contributed by atoms with E-state index >= 15 is 0 Å². The number of fused-ring (bicyclic) bond motifs is 1. The first-order valence-electron chi connectivity index (χ1n) is 13.3. The number of rotatable bonds is 9. The highest BCUT2D eigenvalue weighted by molar-refractivity contribution is 5.99. The Balaban J connectivity index is 1.42. The molecule has 1 N–H and O–H groups in total. The van der Waals surface area contributed by atoms with Gasteiger partial charge < -0.3 is 19.9 Å². The van der Waals surface area contributed by atoms with Gasteiger partial charge in [-0.2, -0.15) is 0 Å². The quantitative estimate of drug-likeness (QED) is 0.539. The Morgan fingerprint density at radius 3 is 2.38 bits per heavy atom. The monoisotopic (exact) mass is 520 g/mol. The standard InChI is InChI=1S/C27H38F2N4O4/c1-4-9-31-10-12-32(13-11-31)19-7-5-18(6-8-19)26(35)30-21(14-17(2)3)27(36)33-15-20(25(28)29)24-23(33)22(34)16-37-24/h5-8,17,20-21,23-25H,4,9-16H2,1-3H3,(H,30,35)/t20-,21?,23+,24+/m0/s1. The van der Waals surface area contributed by atoms with Gasteiger partial charge in [-0.05, 0) is 49.6 Å². The van der Waals surface area contributed by atoms with Crippen LogP contribution in [-0.4, -0.2) is 97.9 Å². The highest BCUT2D eigenvalue weighted by Gasteiger charge is 2.55. The number of ketones is 1. The van der Waals surface area contributed by atoms with Crippen LogP contribution < -0.4 is 10.2 Å². The van der Waals surface area contributed by atoms with Crippen molar-refractivity contribution < 1.29 is 27.9 Å². The van der Waals surface area contributed by atoms with Gasteiger partial charge in [0, 0.05) is 44.0 Å². The van der Waals surface area contributed by atoms with E-state index in [1.165, 1.54) is 4.90 Å². The molecule has 3 aliphatic rings. The van der Waals surface area contributed by atoms with Gasteiger partial charge in [0.1, 0.15) is 18.7 Å². The van der Waals surface area contributed by atoms with Crippen LogP contribution >= 0.6 is 0 Å². The van der Waals surface area contributed by atoms with Gasteiger partial charge in [-0.15, -0.1) is 0 Å². The summed E-state index contributed by atoms with van der Waals surface area (Å²) in [5.41, 5.74) is 1.46. The van der Waals surface area contributed by atoms with E-state index in [-0.39, 0.29) is 24.9 Å². The SMILES string of the molecule is CCCN1CCN(c2ccc(C(=O)NC(CC(C)C)C(=O)N3C[C@H](C(F)F)[C@H]4OCC(=O)[C@H]43)cc2)CC1. The number of ether oxygens (including phenoxy) is 1. The molecule has 0 aliphatic carbocycles. The fourth-order valence-corrected chi connectivity index (χ4v) is 5.65. The molecule has 4 atom stereocenters. The number of Topliss-reactive ketones (excluding diaryl/α,β-unsaturated/α-hetero) is 1. The molecule has 3 heterocycles. The van der Waals surface area contributed by atoms with Crippen LogP contribution in [0, 0.1) is 11.8 Å². The fourth-order valence-electron chi connectivity index (χ4n) is 5.65. The van der Waals surface area contributed by atoms with Gasteiger partial charge in [0.2, 0.25) is 12.3 Å². The molecule has 1 aromatic carbocycles. The zero-order valence-electron chi connectivity index (χ0n) is 21.9. The molecule has 2 amide bonds. The van der Waals surface area contributed by atoms with Crippen LogP contribution in [0.15, 0.2) is 24.3 Å². The Kier molecular flexibility index (Phi) is 8.79. The largest absolute Gasteiger partial charge is 0.369 e. The first-order chi connectivity index (χ1) is 17.7. The number of piperazine rings is 1. The third kappa shape index (κ3) is 6.12. The van der Waals surface area contributed by atoms with E-state index in [9.17, 15) is 23.2 Å². The van der Waals surface area contributed by atoms with E-state index in [1.54, 1.807) is 12.1 Å². The van der Waals surface area contributed by atoms with E-state index in [1.807, 2.05) is 26.0 Å². The highest BCUT2D eigenvalue weighted by atomic mass is 19.3. The second-order valence-electron chi connectivity index (χ2n) is 10.7. The van der Waals surface area contributed by atoms with Crippen molar-refractivity contribution in [3.63, 3.8) is 0 Å². The van der Waals surface area contributed by atoms with E-state index < -0.39 is 42.3 Å². The number of likely N-dealkylation sites (tertiary alicyclic amines) is 1. The summed E-state index contributed by atoms with van der Waals surface area (Å²) in [5, 5.41) is 2.81. The van der Waals surface area contributed by atoms with Crippen LogP contribution in [0.4, 0.5) is 14.5 Å². The van der Waals surface area contributed by atoms with Gasteiger partial charge in [-0.3, -0.25) is 19.3 Å². The summed E-state index contributed by atoms with van der Waals surface area (Å²) >= 11 is 0. The predicted molar refractivity (Wildman–Crippen MR) is 136 cm³/mol. The topological polar surface area (TPSA) is 82.2 Å². The number of halogens is 2. The maximum absolute atomic E-state index is 13.6. The van der Waals surface area contributed by atoms with Crippen LogP contribution in [0.2, 0.25) is 0 Å². The van der Waals surface area contributed by atoms with Gasteiger partial charge in [0.15, 0.2) is 5.78 Å². The molecule has 3 fully saturated rings. The van der Waals surface area contributed by atoms with E-state index in [2.05, 4.69) is 22.0 Å². The van der Waals surface area contributed by atoms with Crippen LogP contribution in [0.3, 0.4) is 0 Å². The fraction of sp³-hybridized carbons (Fsp3) is 0.667. The zero-order valence-corrected chi connectivity index (χ0v) is 21.9. The Hall–Kier alpha value is -2.59. The van der Waals surface area contributed by atoms with Crippen molar-refractivity contribution in [2.45, 2.75) is 58.2 Å². The Morgan fingerprint density at radius 1 is 1.11 bits per heavy atom. The summed E-state index contributed by atoms with van der Waals surface area (Å²) in [6.45, 7) is 10.5. The summed E-state index contributed by atoms with van der Waals surface area (Å²) in [7, 11) is 0. The van der Waals surface area contributed by atoms with Crippen LogP contribution in [0.5, 0.6) is 0 Å². The number of nitrogens with zero attached hydrogens (tertiary/aromatic N) is 3. The lowest BCUT2D eigenvalue weighted by atomic mass is 10.0. The number of anilines is 1. The minimum Gasteiger partial charge on any atom is -0.369 e. The Labute approximate surface area is 217 Å². The molecule has 4 rings (SSSR count). The third-order valence-electron chi connectivity index (χ3n) is 7.55. The van der Waals surface area contributed by atoms with E-state index in [0.717, 1.165) is 44.8 Å². The molecule has 0 radical (unpaired) electrons. The number of benzene rings is 1. The number of carbonyl (C=O) groups is 3. The van der Waals surface area contributed by atoms with Crippen molar-refractivity contribution in [1.82, 2.24) is 15.1 Å². The predicted octanol–water partition coefficient (Wildman–Crippen LogP) is 2.42. The van der Waals surface area contributed by atoms with E-state index in [0.29, 0.717) is 12.0 Å². The molecule has 0 aromatic heterocycles. The lowest BCUT2D eigenvalue weighted by Crippen LogP contribution is -2.52. The lowest BCUT2D eigenvalue weighted by Gasteiger charge is -2.36. The van der Waals surface area contributed by atoms with Crippen molar-refractivity contribution in [3.8, 4) is 0 Å². The Morgan fingerprint density at radius 2 is 1.78 bits per heavy atom. The van der Waals surface area contributed by atoms with Gasteiger partial charge in [-0.1, -0.05) is 20.8 Å². The second kappa shape index (κ2) is 11.9. The number of nitrogens with one attached hydrogen (secondary N) is 1. The maximum Gasteiger partial charge on any atom is 0.251 e. The van der Waals surface area contributed by atoms with Crippen molar-refractivity contribution >= 4 is 23.3 Å². The van der Waals surface area contributed by atoms with Crippen molar-refractivity contribution in [2.75, 3.05) is 50.8 Å². The average molecular weight is 521 g/mol. The van der Waals surface area contributed by atoms with Gasteiger partial charge >= 0.3 is 0 Å². The Bertz CT molecular complexity index is 966. The smallest absolute Gasteiger partial charge is 0.251 e. The summed E-state index contributed by atoms with van der Waals surface area (Å²) in [6.07, 6.45) is -2.24. The molecule has 3 saturated heterocycles. The molecule has 1 unspecified atom stereocenters. The lowest BCUT2D eigenvalue weighted by molar-refractivity contribution is -0.138. The molecule has 204 valence electrons. The summed E-state index contributed by atoms with van der Waals surface area (Å²) < 4.78 is 32.5. The average Bonchev–Trinajstić information content (AvgIpc) is 3.44. The van der Waals surface area contributed by atoms with Crippen LogP contribution in [0.1, 0.15) is 44.0 Å². The van der Waals surface area contributed by atoms with Crippen LogP contribution in [-0.2, 0) is 14.3 Å². The number of hydrogen-bond acceptors (Lipinski definition) is 6. The van der Waals surface area contributed by atoms with Gasteiger partial charge in [0.05, 0.1) is 12.0 Å². The van der Waals surface area contributed by atoms with Crippen LogP contribution in [0.25, 0.3) is 0 Å². The number of hydrogen-bond donors (Lipinski definition) is 1. The third-order valence-corrected chi connectivity index (χ3v) is 7.55. The van der Waals surface area contributed by atoms with Gasteiger partial charge in [-0.25, -0.2) is 8.78 Å². The molecule has 0 saturated carbocycles. The first kappa shape index (κ1) is 27.4. The molecule has 1 aromatic rings. The number of alkyl halides is 2. The minimum absolute atomic E-state index is 0.0582. The molecular weight excluding hydrogens is 482 g/mol. The maximum atomic E-state index is 13.6. The molecule has 0 bridgehead atoms. The van der Waals surface area contributed by atoms with Crippen molar-refractivity contribution in [2.24, 2.45) is 11.8 Å². The van der Waals surface area contributed by atoms with Crippen molar-refractivity contribution in [3.05, 3.63) is 29.8 Å². The molecule has 37 heavy (non-hydrogen) atoms. The first-order valence-corrected chi connectivity index (χ1v) is 13.3. The molecule has 10 heteroatoms. The summed E-state index contributed by atoms with van der Waals surface area (Å²) in [4.78, 5) is 44.9. The minimum atomic E-state index is -2.71. The number of carbonyl (C=O) groups excluding carboxylic acids is 3. The summed E-state index contributed by atoms with van der Waals surface area (Å²) in [5.74, 6) is -2.45. The molecule has 8 nitrogen and oxygen atoms in total. The molecule has 3 aliphatic heterocycles. The van der Waals surface area contributed by atoms with Crippen molar-refractivity contribution in [1.29, 1.82) is 0 Å². The zero-order chi connectivity index (χ0) is 26.7. The van der Waals surface area contributed by atoms with Gasteiger partial charge in [0.25, 0.3) is 5.91 Å². The second-order valence-corrected chi connectivity index (χ2v) is 10.7. The number of amides is 2.